The first-order valence-corrected chi connectivity index (χ1v) is 8.85. The van der Waals surface area contributed by atoms with E-state index in [-0.39, 0.29) is 11.7 Å². The lowest BCUT2D eigenvalue weighted by molar-refractivity contribution is -0.116. The van der Waals surface area contributed by atoms with Crippen LogP contribution in [-0.2, 0) is 4.79 Å². The maximum Gasteiger partial charge on any atom is 0.224 e. The first kappa shape index (κ1) is 18.5. The highest BCUT2D eigenvalue weighted by atomic mass is 19.1. The van der Waals surface area contributed by atoms with Crippen molar-refractivity contribution < 1.29 is 9.18 Å². The number of nitrogens with zero attached hydrogens (tertiary/aromatic N) is 1. The Kier molecular flexibility index (Phi) is 6.10. The van der Waals surface area contributed by atoms with Gasteiger partial charge in [-0.1, -0.05) is 48.1 Å². The fourth-order valence-corrected chi connectivity index (χ4v) is 2.91. The number of hydrogen-bond acceptors (Lipinski definition) is 2. The van der Waals surface area contributed by atoms with Crippen molar-refractivity contribution in [1.29, 1.82) is 0 Å². The van der Waals surface area contributed by atoms with Crippen LogP contribution in [0.3, 0.4) is 0 Å². The van der Waals surface area contributed by atoms with Crippen LogP contribution in [0.15, 0.2) is 79.0 Å². The third-order valence-corrected chi connectivity index (χ3v) is 4.23. The normalized spacial score (nSPS) is 11.4. The molecule has 27 heavy (non-hydrogen) atoms. The number of hydrogen-bond donors (Lipinski definition) is 1. The monoisotopic (exact) mass is 360 g/mol. The molecule has 3 rings (SSSR count). The van der Waals surface area contributed by atoms with Crippen LogP contribution in [0.2, 0.25) is 0 Å². The summed E-state index contributed by atoms with van der Waals surface area (Å²) < 4.78 is 13.0. The number of rotatable bonds is 7. The number of aromatic nitrogens is 1. The molecule has 0 unspecified atom stereocenters. The highest BCUT2D eigenvalue weighted by molar-refractivity contribution is 6.00. The molecule has 0 saturated heterocycles. The highest BCUT2D eigenvalue weighted by Crippen LogP contribution is 2.22. The van der Waals surface area contributed by atoms with Crippen LogP contribution in [0.25, 0.3) is 17.0 Å². The molecule has 136 valence electrons. The summed E-state index contributed by atoms with van der Waals surface area (Å²) in [5.74, 6) is -0.331. The van der Waals surface area contributed by atoms with Crippen molar-refractivity contribution in [2.45, 2.75) is 19.3 Å². The van der Waals surface area contributed by atoms with Gasteiger partial charge in [0.2, 0.25) is 5.91 Å². The van der Waals surface area contributed by atoms with Crippen molar-refractivity contribution in [2.75, 3.05) is 5.32 Å². The third-order valence-electron chi connectivity index (χ3n) is 4.23. The van der Waals surface area contributed by atoms with Crippen molar-refractivity contribution in [3.8, 4) is 0 Å². The van der Waals surface area contributed by atoms with Crippen molar-refractivity contribution >= 4 is 28.6 Å². The molecule has 0 saturated carbocycles. The van der Waals surface area contributed by atoms with E-state index >= 15 is 0 Å². The minimum absolute atomic E-state index is 0.0674. The first-order valence-electron chi connectivity index (χ1n) is 8.85. The molecule has 1 N–H and O–H groups in total. The molecule has 4 heteroatoms. The summed E-state index contributed by atoms with van der Waals surface area (Å²) in [6.45, 7) is 3.78. The van der Waals surface area contributed by atoms with Gasteiger partial charge in [0.25, 0.3) is 0 Å². The second-order valence-corrected chi connectivity index (χ2v) is 6.28. The molecule has 0 spiro atoms. The van der Waals surface area contributed by atoms with Crippen LogP contribution >= 0.6 is 0 Å². The van der Waals surface area contributed by atoms with E-state index in [1.807, 2.05) is 42.5 Å². The van der Waals surface area contributed by atoms with Gasteiger partial charge in [0.15, 0.2) is 0 Å². The van der Waals surface area contributed by atoms with Crippen LogP contribution in [0.4, 0.5) is 10.1 Å². The van der Waals surface area contributed by atoms with E-state index < -0.39 is 0 Å². The number of halogens is 1. The number of pyridine rings is 1. The van der Waals surface area contributed by atoms with E-state index in [0.29, 0.717) is 24.9 Å². The van der Waals surface area contributed by atoms with E-state index in [1.54, 1.807) is 18.3 Å². The Hall–Kier alpha value is -3.27. The van der Waals surface area contributed by atoms with E-state index in [4.69, 9.17) is 0 Å². The number of para-hydroxylation sites is 1. The zero-order chi connectivity index (χ0) is 19.1. The average Bonchev–Trinajstić information content (AvgIpc) is 2.68. The number of anilines is 1. The Labute approximate surface area is 158 Å². The molecule has 1 aromatic heterocycles. The van der Waals surface area contributed by atoms with Gasteiger partial charge in [-0.25, -0.2) is 4.39 Å². The Morgan fingerprint density at radius 3 is 2.63 bits per heavy atom. The van der Waals surface area contributed by atoms with Crippen LogP contribution in [-0.4, -0.2) is 10.9 Å². The first-order chi connectivity index (χ1) is 13.2. The Morgan fingerprint density at radius 1 is 1.07 bits per heavy atom. The summed E-state index contributed by atoms with van der Waals surface area (Å²) in [5, 5.41) is 3.93. The fraction of sp³-hybridized carbons (Fsp3) is 0.130. The van der Waals surface area contributed by atoms with Crippen molar-refractivity contribution in [3.05, 3.63) is 90.4 Å². The Balaban J connectivity index is 1.67. The number of nitrogens with one attached hydrogen (secondary N) is 1. The van der Waals surface area contributed by atoms with E-state index in [2.05, 4.69) is 16.9 Å². The minimum Gasteiger partial charge on any atom is -0.324 e. The van der Waals surface area contributed by atoms with Gasteiger partial charge in [0.1, 0.15) is 5.82 Å². The second kappa shape index (κ2) is 8.90. The summed E-state index contributed by atoms with van der Waals surface area (Å²) in [7, 11) is 0. The Morgan fingerprint density at radius 2 is 1.85 bits per heavy atom. The van der Waals surface area contributed by atoms with Crippen LogP contribution in [0.1, 0.15) is 24.8 Å². The predicted octanol–water partition coefficient (Wildman–Crippen LogP) is 5.75. The molecule has 3 nitrogen and oxygen atoms in total. The molecule has 0 aliphatic carbocycles. The molecule has 1 amide bonds. The third kappa shape index (κ3) is 5.11. The summed E-state index contributed by atoms with van der Waals surface area (Å²) >= 11 is 0. The molecular weight excluding hydrogens is 339 g/mol. The molecule has 1 heterocycles. The summed E-state index contributed by atoms with van der Waals surface area (Å²) in [6, 6.07) is 15.9. The van der Waals surface area contributed by atoms with Gasteiger partial charge in [-0.2, -0.15) is 0 Å². The Bertz CT molecular complexity index is 972. The van der Waals surface area contributed by atoms with Gasteiger partial charge in [0.05, 0.1) is 11.2 Å². The number of fused-ring (bicyclic) bond motifs is 1. The van der Waals surface area contributed by atoms with E-state index in [1.165, 1.54) is 12.1 Å². The largest absolute Gasteiger partial charge is 0.324 e. The lowest BCUT2D eigenvalue weighted by Crippen LogP contribution is -2.12. The standard InChI is InChI=1S/C23H21FN2O/c1-2-5-17(16-18-9-12-20(24)13-10-18)11-14-22(27)26-21-8-3-6-19-7-4-15-25-23(19)21/h2-4,6-10,12-13,15-16H,1,5,11,14H2,(H,26,27). The van der Waals surface area contributed by atoms with Gasteiger partial charge in [-0.15, -0.1) is 6.58 Å². The smallest absolute Gasteiger partial charge is 0.224 e. The highest BCUT2D eigenvalue weighted by Gasteiger charge is 2.08. The van der Waals surface area contributed by atoms with Crippen molar-refractivity contribution in [1.82, 2.24) is 4.98 Å². The molecule has 0 aliphatic rings. The van der Waals surface area contributed by atoms with Crippen molar-refractivity contribution in [3.63, 3.8) is 0 Å². The number of carbonyl (C=O) groups is 1. The zero-order valence-electron chi connectivity index (χ0n) is 15.0. The number of amides is 1. The van der Waals surface area contributed by atoms with Crippen LogP contribution < -0.4 is 5.32 Å². The van der Waals surface area contributed by atoms with Gasteiger partial charge < -0.3 is 5.32 Å². The van der Waals surface area contributed by atoms with Gasteiger partial charge in [0, 0.05) is 18.0 Å². The number of carbonyl (C=O) groups excluding carboxylic acids is 1. The summed E-state index contributed by atoms with van der Waals surface area (Å²) in [6.07, 6.45) is 7.14. The van der Waals surface area contributed by atoms with Gasteiger partial charge >= 0.3 is 0 Å². The second-order valence-electron chi connectivity index (χ2n) is 6.28. The number of allylic oxidation sites excluding steroid dienone is 2. The van der Waals surface area contributed by atoms with Crippen molar-refractivity contribution in [2.24, 2.45) is 0 Å². The van der Waals surface area contributed by atoms with E-state index in [9.17, 15) is 9.18 Å². The van der Waals surface area contributed by atoms with E-state index in [0.717, 1.165) is 22.0 Å². The van der Waals surface area contributed by atoms with Crippen LogP contribution in [0, 0.1) is 5.82 Å². The van der Waals surface area contributed by atoms with Crippen LogP contribution in [0.5, 0.6) is 0 Å². The molecule has 0 atom stereocenters. The number of benzene rings is 2. The zero-order valence-corrected chi connectivity index (χ0v) is 15.0. The minimum atomic E-state index is -0.263. The van der Waals surface area contributed by atoms with Gasteiger partial charge in [-0.3, -0.25) is 9.78 Å². The summed E-state index contributed by atoms with van der Waals surface area (Å²) in [4.78, 5) is 16.8. The maximum absolute atomic E-state index is 13.0. The maximum atomic E-state index is 13.0. The molecule has 0 radical (unpaired) electrons. The topological polar surface area (TPSA) is 42.0 Å². The molecule has 2 aromatic carbocycles. The molecular formula is C23H21FN2O. The molecule has 0 aliphatic heterocycles. The SMILES string of the molecule is C=CCC(=Cc1ccc(F)cc1)CCC(=O)Nc1cccc2cccnc12. The fourth-order valence-electron chi connectivity index (χ4n) is 2.91. The summed E-state index contributed by atoms with van der Waals surface area (Å²) in [5.41, 5.74) is 3.47. The predicted molar refractivity (Wildman–Crippen MR) is 109 cm³/mol. The average molecular weight is 360 g/mol. The van der Waals surface area contributed by atoms with Gasteiger partial charge in [-0.05, 0) is 42.7 Å². The quantitative estimate of drug-likeness (QED) is 0.545. The molecule has 0 fully saturated rings. The lowest BCUT2D eigenvalue weighted by atomic mass is 10.0. The molecule has 3 aromatic rings. The molecule has 0 bridgehead atoms. The lowest BCUT2D eigenvalue weighted by Gasteiger charge is -2.09.